The van der Waals surface area contributed by atoms with Crippen molar-refractivity contribution in [3.05, 3.63) is 179 Å². The lowest BCUT2D eigenvalue weighted by molar-refractivity contribution is 0.281. The van der Waals surface area contributed by atoms with Crippen molar-refractivity contribution in [2.45, 2.75) is 153 Å². The van der Waals surface area contributed by atoms with Crippen LogP contribution in [0.15, 0.2) is 146 Å². The SMILES string of the molecule is c1ccc2c3c4ccccc4c(c2c1)CN[C@@H]1CCCC[C@H]1NCc1c2ccccc2c(c2ccccc12)CN[C@@H]1CCCC[C@H]1NCc1c2ccccc2c(c2ccccc12)CN[C@@H]1CCCC[C@H]1NC3. The van der Waals surface area contributed by atoms with E-state index in [0.29, 0.717) is 36.3 Å². The Bertz CT molecular complexity index is 2660. The Morgan fingerprint density at radius 2 is 0.319 bits per heavy atom. The van der Waals surface area contributed by atoms with Crippen molar-refractivity contribution in [2.24, 2.45) is 0 Å². The summed E-state index contributed by atoms with van der Waals surface area (Å²) in [5.41, 5.74) is 8.55. The van der Waals surface area contributed by atoms with Gasteiger partial charge in [-0.15, -0.1) is 0 Å². The lowest BCUT2D eigenvalue weighted by Gasteiger charge is -2.35. The molecule has 9 aromatic carbocycles. The first kappa shape index (κ1) is 46.1. The molecule has 72 heavy (non-hydrogen) atoms. The molecule has 4 aliphatic heterocycles. The molecule has 0 aromatic heterocycles. The molecule has 0 saturated heterocycles. The molecule has 0 spiro atoms. The second kappa shape index (κ2) is 20.7. The van der Waals surface area contributed by atoms with Gasteiger partial charge in [0.25, 0.3) is 0 Å². The molecule has 0 unspecified atom stereocenters. The highest BCUT2D eigenvalue weighted by atomic mass is 15.0. The predicted octanol–water partition coefficient (Wildman–Crippen LogP) is 13.5. The van der Waals surface area contributed by atoms with Crippen LogP contribution >= 0.6 is 0 Å². The van der Waals surface area contributed by atoms with E-state index in [1.165, 1.54) is 175 Å². The van der Waals surface area contributed by atoms with Crippen LogP contribution in [0.2, 0.25) is 0 Å². The minimum Gasteiger partial charge on any atom is -0.308 e. The summed E-state index contributed by atoms with van der Waals surface area (Å²) in [7, 11) is 0. The molecule has 3 fully saturated rings. The first-order valence-corrected chi connectivity index (χ1v) is 27.9. The second-order valence-electron chi connectivity index (χ2n) is 21.9. The maximum Gasteiger partial charge on any atom is 0.0224 e. The van der Waals surface area contributed by atoms with Gasteiger partial charge in [-0.2, -0.15) is 0 Å². The fourth-order valence-electron chi connectivity index (χ4n) is 14.3. The van der Waals surface area contributed by atoms with E-state index in [2.05, 4.69) is 177 Å². The molecular weight excluding hydrogens is 877 g/mol. The Kier molecular flexibility index (Phi) is 13.2. The van der Waals surface area contributed by atoms with Crippen LogP contribution in [0.3, 0.4) is 0 Å². The highest BCUT2D eigenvalue weighted by Crippen LogP contribution is 2.38. The number of rotatable bonds is 0. The van der Waals surface area contributed by atoms with Gasteiger partial charge in [-0.3, -0.25) is 0 Å². The van der Waals surface area contributed by atoms with Crippen LogP contribution in [-0.4, -0.2) is 36.3 Å². The average Bonchev–Trinajstić information content (AvgIpc) is 3.44. The summed E-state index contributed by atoms with van der Waals surface area (Å²) in [6, 6.07) is 57.8. The smallest absolute Gasteiger partial charge is 0.0224 e. The van der Waals surface area contributed by atoms with Gasteiger partial charge in [-0.1, -0.05) is 184 Å². The van der Waals surface area contributed by atoms with E-state index >= 15 is 0 Å². The molecule has 6 nitrogen and oxygen atoms in total. The largest absolute Gasteiger partial charge is 0.308 e. The number of hydrogen-bond donors (Lipinski definition) is 6. The van der Waals surface area contributed by atoms with Crippen molar-refractivity contribution < 1.29 is 0 Å². The molecule has 16 rings (SSSR count). The third-order valence-electron chi connectivity index (χ3n) is 18.0. The van der Waals surface area contributed by atoms with E-state index < -0.39 is 0 Å². The molecule has 3 saturated carbocycles. The highest BCUT2D eigenvalue weighted by Gasteiger charge is 2.30. The first-order valence-electron chi connectivity index (χ1n) is 27.9. The topological polar surface area (TPSA) is 72.2 Å². The molecule has 3 aliphatic carbocycles. The van der Waals surface area contributed by atoms with E-state index in [0.717, 1.165) is 39.3 Å². The van der Waals surface area contributed by atoms with Gasteiger partial charge in [-0.05, 0) is 137 Å². The van der Waals surface area contributed by atoms with Gasteiger partial charge in [0.15, 0.2) is 0 Å². The number of benzene rings is 9. The molecule has 4 heterocycles. The zero-order valence-electron chi connectivity index (χ0n) is 42.0. The quantitative estimate of drug-likeness (QED) is 0.0851. The van der Waals surface area contributed by atoms with Crippen molar-refractivity contribution >= 4 is 64.6 Å². The van der Waals surface area contributed by atoms with Gasteiger partial charge in [0.2, 0.25) is 0 Å². The van der Waals surface area contributed by atoms with E-state index in [1.54, 1.807) is 0 Å². The standard InChI is InChI=1S/C66H72N6/c1-2-20-44-43(19-1)55-37-67-61-31-13-14-32-62(61)69-39-57-47-23-5-7-25-49(47)59(50-26-8-6-24-48(50)57)41-71-65-35-17-18-36-66(65)72-42-60-53-29-11-9-27-51(53)58(52-28-10-12-30-54(52)60)40-70-64-34-16-15-33-63(64)68-38-56(44)46-22-4-3-21-45(46)55/h1-12,19-30,61-72H,13-18,31-42H2/t61-,62-,63-,64-,65-,66-/m1/s1. The summed E-state index contributed by atoms with van der Waals surface area (Å²) < 4.78 is 0. The highest BCUT2D eigenvalue weighted by molar-refractivity contribution is 6.08. The minimum absolute atomic E-state index is 0.389. The summed E-state index contributed by atoms with van der Waals surface area (Å²) in [5.74, 6) is 0. The fourth-order valence-corrected chi connectivity index (χ4v) is 14.3. The maximum atomic E-state index is 4.21. The van der Waals surface area contributed by atoms with Gasteiger partial charge < -0.3 is 31.9 Å². The van der Waals surface area contributed by atoms with Gasteiger partial charge in [0, 0.05) is 75.5 Å². The van der Waals surface area contributed by atoms with E-state index in [9.17, 15) is 0 Å². The van der Waals surface area contributed by atoms with Gasteiger partial charge >= 0.3 is 0 Å². The molecule has 0 amide bonds. The Morgan fingerprint density at radius 1 is 0.194 bits per heavy atom. The lowest BCUT2D eigenvalue weighted by atomic mass is 9.87. The Balaban J connectivity index is 0.905. The van der Waals surface area contributed by atoms with Crippen molar-refractivity contribution in [3.8, 4) is 0 Å². The van der Waals surface area contributed by atoms with Gasteiger partial charge in [0.1, 0.15) is 0 Å². The van der Waals surface area contributed by atoms with Crippen molar-refractivity contribution in [3.63, 3.8) is 0 Å². The van der Waals surface area contributed by atoms with Crippen LogP contribution in [0.25, 0.3) is 64.6 Å². The molecule has 9 aromatic rings. The Hall–Kier alpha value is -5.70. The second-order valence-corrected chi connectivity index (χ2v) is 21.9. The van der Waals surface area contributed by atoms with Crippen LogP contribution in [0.5, 0.6) is 0 Å². The minimum atomic E-state index is 0.389. The molecular formula is C66H72N6. The summed E-state index contributed by atoms with van der Waals surface area (Å²) in [6.45, 7) is 5.09. The van der Waals surface area contributed by atoms with Crippen molar-refractivity contribution in [1.82, 2.24) is 31.9 Å². The first-order chi connectivity index (χ1) is 35.7. The molecule has 6 N–H and O–H groups in total. The van der Waals surface area contributed by atoms with Crippen molar-refractivity contribution in [1.29, 1.82) is 0 Å². The Labute approximate surface area is 426 Å². The van der Waals surface area contributed by atoms with Crippen LogP contribution in [0.4, 0.5) is 0 Å². The third kappa shape index (κ3) is 8.78. The zero-order chi connectivity index (χ0) is 47.8. The van der Waals surface area contributed by atoms with E-state index in [-0.39, 0.29) is 0 Å². The molecule has 6 heteroatoms. The van der Waals surface area contributed by atoms with Crippen LogP contribution in [0.1, 0.15) is 110 Å². The van der Waals surface area contributed by atoms with Gasteiger partial charge in [-0.25, -0.2) is 0 Å². The third-order valence-corrected chi connectivity index (χ3v) is 18.0. The lowest BCUT2D eigenvalue weighted by Crippen LogP contribution is -2.49. The fraction of sp³-hybridized carbons (Fsp3) is 0.364. The van der Waals surface area contributed by atoms with Gasteiger partial charge in [0.05, 0.1) is 0 Å². The zero-order valence-corrected chi connectivity index (χ0v) is 42.0. The number of nitrogens with one attached hydrogen (secondary N) is 6. The molecule has 366 valence electrons. The average molecular weight is 949 g/mol. The summed E-state index contributed by atoms with van der Waals surface area (Å²) >= 11 is 0. The van der Waals surface area contributed by atoms with E-state index in [4.69, 9.17) is 0 Å². The summed E-state index contributed by atoms with van der Waals surface area (Å²) in [4.78, 5) is 0. The van der Waals surface area contributed by atoms with Crippen molar-refractivity contribution in [2.75, 3.05) is 0 Å². The normalized spacial score (nSPS) is 24.2. The van der Waals surface area contributed by atoms with Crippen LogP contribution in [0, 0.1) is 0 Å². The maximum absolute atomic E-state index is 4.21. The summed E-state index contributed by atoms with van der Waals surface area (Å²) in [5, 5.41) is 41.8. The molecule has 6 atom stereocenters. The Morgan fingerprint density at radius 3 is 0.444 bits per heavy atom. The molecule has 6 bridgehead atoms. The van der Waals surface area contributed by atoms with Crippen LogP contribution in [-0.2, 0) is 39.3 Å². The monoisotopic (exact) mass is 949 g/mol. The molecule has 7 aliphatic rings. The van der Waals surface area contributed by atoms with E-state index in [1.807, 2.05) is 0 Å². The summed E-state index contributed by atoms with van der Waals surface area (Å²) in [6.07, 6.45) is 14.7. The van der Waals surface area contributed by atoms with Crippen LogP contribution < -0.4 is 31.9 Å². The number of hydrogen-bond acceptors (Lipinski definition) is 6. The predicted molar refractivity (Wildman–Crippen MR) is 304 cm³/mol. The molecule has 0 radical (unpaired) electrons.